The van der Waals surface area contributed by atoms with Crippen LogP contribution in [0.2, 0.25) is 0 Å². The summed E-state index contributed by atoms with van der Waals surface area (Å²) < 4.78 is 27.4. The van der Waals surface area contributed by atoms with Gasteiger partial charge < -0.3 is 9.80 Å². The number of piperazine rings is 1. The van der Waals surface area contributed by atoms with Crippen LogP contribution in [0, 0.1) is 0 Å². The second-order valence-electron chi connectivity index (χ2n) is 6.35. The summed E-state index contributed by atoms with van der Waals surface area (Å²) in [6.07, 6.45) is 0. The summed E-state index contributed by atoms with van der Waals surface area (Å²) in [5.74, 6) is 0. The number of nitrogens with zero attached hydrogens (tertiary/aromatic N) is 3. The summed E-state index contributed by atoms with van der Waals surface area (Å²) in [6.45, 7) is 6.69. The molecule has 0 aliphatic carbocycles. The summed E-state index contributed by atoms with van der Waals surface area (Å²) >= 11 is 0. The molecule has 3 rings (SSSR count). The average Bonchev–Trinajstić information content (AvgIpc) is 2.68. The van der Waals surface area contributed by atoms with E-state index in [0.29, 0.717) is 44.2 Å². The number of hydrogen-bond donors (Lipinski definition) is 0. The number of rotatable bonds is 4. The zero-order chi connectivity index (χ0) is 18.7. The van der Waals surface area contributed by atoms with Crippen LogP contribution in [0.1, 0.15) is 13.8 Å². The standard InChI is InChI=1S/C19H25N3O3S/c1-3-20(4-2)19(23)21-11-13-22(14-12-21)26(24,25)18-10-9-16-7-5-6-8-17(16)15-18/h5-10,15H,3-4,11-14H2,1-2H3. The quantitative estimate of drug-likeness (QED) is 0.825. The Morgan fingerprint density at radius 2 is 1.58 bits per heavy atom. The Morgan fingerprint density at radius 1 is 0.962 bits per heavy atom. The molecule has 1 saturated heterocycles. The van der Waals surface area contributed by atoms with Crippen molar-refractivity contribution in [2.24, 2.45) is 0 Å². The van der Waals surface area contributed by atoms with E-state index in [2.05, 4.69) is 0 Å². The Bertz CT molecular complexity index is 886. The normalized spacial score (nSPS) is 16.0. The fourth-order valence-electron chi connectivity index (χ4n) is 3.29. The predicted octanol–water partition coefficient (Wildman–Crippen LogP) is 2.61. The zero-order valence-electron chi connectivity index (χ0n) is 15.3. The molecule has 1 heterocycles. The van der Waals surface area contributed by atoms with Crippen LogP contribution in [-0.4, -0.2) is 67.8 Å². The van der Waals surface area contributed by atoms with E-state index in [4.69, 9.17) is 0 Å². The lowest BCUT2D eigenvalue weighted by Crippen LogP contribution is -2.53. The highest BCUT2D eigenvalue weighted by Gasteiger charge is 2.31. The molecule has 1 aliphatic rings. The van der Waals surface area contributed by atoms with Gasteiger partial charge in [-0.3, -0.25) is 0 Å². The van der Waals surface area contributed by atoms with Gasteiger partial charge >= 0.3 is 6.03 Å². The van der Waals surface area contributed by atoms with E-state index in [1.807, 2.05) is 44.2 Å². The van der Waals surface area contributed by atoms with Gasteiger partial charge in [-0.2, -0.15) is 4.31 Å². The number of carbonyl (C=O) groups excluding carboxylic acids is 1. The Hall–Kier alpha value is -2.12. The fraction of sp³-hybridized carbons (Fsp3) is 0.421. The topological polar surface area (TPSA) is 60.9 Å². The number of carbonyl (C=O) groups is 1. The van der Waals surface area contributed by atoms with Crippen molar-refractivity contribution in [1.82, 2.24) is 14.1 Å². The third-order valence-electron chi connectivity index (χ3n) is 4.90. The van der Waals surface area contributed by atoms with Gasteiger partial charge in [0.1, 0.15) is 0 Å². The maximum absolute atomic E-state index is 13.0. The summed E-state index contributed by atoms with van der Waals surface area (Å²) in [5.41, 5.74) is 0. The van der Waals surface area contributed by atoms with E-state index >= 15 is 0 Å². The number of fused-ring (bicyclic) bond motifs is 1. The molecule has 0 spiro atoms. The smallest absolute Gasteiger partial charge is 0.320 e. The molecule has 7 heteroatoms. The van der Waals surface area contributed by atoms with Crippen molar-refractivity contribution in [2.75, 3.05) is 39.3 Å². The van der Waals surface area contributed by atoms with Crippen molar-refractivity contribution in [2.45, 2.75) is 18.7 Å². The molecular formula is C19H25N3O3S. The molecule has 2 aromatic rings. The number of benzene rings is 2. The third kappa shape index (κ3) is 3.54. The summed E-state index contributed by atoms with van der Waals surface area (Å²) in [5, 5.41) is 1.92. The van der Waals surface area contributed by atoms with Crippen LogP contribution in [0.3, 0.4) is 0 Å². The van der Waals surface area contributed by atoms with Gasteiger partial charge in [-0.25, -0.2) is 13.2 Å². The Balaban J connectivity index is 1.74. The maximum Gasteiger partial charge on any atom is 0.320 e. The molecule has 0 unspecified atom stereocenters. The van der Waals surface area contributed by atoms with Gasteiger partial charge in [0.25, 0.3) is 0 Å². The van der Waals surface area contributed by atoms with Crippen molar-refractivity contribution in [1.29, 1.82) is 0 Å². The van der Waals surface area contributed by atoms with Crippen molar-refractivity contribution in [3.05, 3.63) is 42.5 Å². The number of hydrogen-bond acceptors (Lipinski definition) is 3. The molecule has 140 valence electrons. The van der Waals surface area contributed by atoms with Gasteiger partial charge in [-0.15, -0.1) is 0 Å². The second kappa shape index (κ2) is 7.63. The lowest BCUT2D eigenvalue weighted by Gasteiger charge is -2.36. The highest BCUT2D eigenvalue weighted by Crippen LogP contribution is 2.23. The van der Waals surface area contributed by atoms with E-state index in [-0.39, 0.29) is 6.03 Å². The molecule has 26 heavy (non-hydrogen) atoms. The van der Waals surface area contributed by atoms with E-state index in [0.717, 1.165) is 10.8 Å². The van der Waals surface area contributed by atoms with Gasteiger partial charge in [-0.1, -0.05) is 30.3 Å². The molecular weight excluding hydrogens is 350 g/mol. The number of urea groups is 1. The first kappa shape index (κ1) is 18.7. The number of amides is 2. The highest BCUT2D eigenvalue weighted by molar-refractivity contribution is 7.89. The van der Waals surface area contributed by atoms with Gasteiger partial charge in [0.2, 0.25) is 10.0 Å². The van der Waals surface area contributed by atoms with Crippen LogP contribution in [-0.2, 0) is 10.0 Å². The van der Waals surface area contributed by atoms with E-state index in [1.54, 1.807) is 21.9 Å². The Labute approximate surface area is 155 Å². The molecule has 0 aromatic heterocycles. The minimum absolute atomic E-state index is 0.0160. The van der Waals surface area contributed by atoms with Gasteiger partial charge in [-0.05, 0) is 36.8 Å². The predicted molar refractivity (Wildman–Crippen MR) is 103 cm³/mol. The molecule has 0 saturated carbocycles. The van der Waals surface area contributed by atoms with Crippen molar-refractivity contribution < 1.29 is 13.2 Å². The molecule has 2 amide bonds. The lowest BCUT2D eigenvalue weighted by molar-refractivity contribution is 0.138. The van der Waals surface area contributed by atoms with Crippen molar-refractivity contribution >= 4 is 26.8 Å². The first-order chi connectivity index (χ1) is 12.5. The molecule has 0 atom stereocenters. The Kier molecular flexibility index (Phi) is 5.48. The second-order valence-corrected chi connectivity index (χ2v) is 8.29. The molecule has 0 bridgehead atoms. The van der Waals surface area contributed by atoms with E-state index in [9.17, 15) is 13.2 Å². The van der Waals surface area contributed by atoms with Crippen molar-refractivity contribution in [3.8, 4) is 0 Å². The maximum atomic E-state index is 13.0. The third-order valence-corrected chi connectivity index (χ3v) is 6.80. The fourth-order valence-corrected chi connectivity index (χ4v) is 4.75. The first-order valence-electron chi connectivity index (χ1n) is 9.00. The summed E-state index contributed by atoms with van der Waals surface area (Å²) in [7, 11) is -3.55. The van der Waals surface area contributed by atoms with Gasteiger partial charge in [0, 0.05) is 39.3 Å². The minimum atomic E-state index is -3.55. The van der Waals surface area contributed by atoms with Crippen LogP contribution in [0.4, 0.5) is 4.79 Å². The molecule has 0 N–H and O–H groups in total. The van der Waals surface area contributed by atoms with E-state index in [1.165, 1.54) is 4.31 Å². The minimum Gasteiger partial charge on any atom is -0.325 e. The van der Waals surface area contributed by atoms with E-state index < -0.39 is 10.0 Å². The van der Waals surface area contributed by atoms with Crippen molar-refractivity contribution in [3.63, 3.8) is 0 Å². The van der Waals surface area contributed by atoms with Crippen LogP contribution in [0.15, 0.2) is 47.4 Å². The van der Waals surface area contributed by atoms with Gasteiger partial charge in [0.05, 0.1) is 4.90 Å². The zero-order valence-corrected chi connectivity index (χ0v) is 16.1. The molecule has 1 fully saturated rings. The molecule has 2 aromatic carbocycles. The Morgan fingerprint density at radius 3 is 2.19 bits per heavy atom. The van der Waals surface area contributed by atoms with Crippen LogP contribution >= 0.6 is 0 Å². The molecule has 1 aliphatic heterocycles. The molecule has 0 radical (unpaired) electrons. The molecule has 6 nitrogen and oxygen atoms in total. The summed E-state index contributed by atoms with van der Waals surface area (Å²) in [6, 6.07) is 12.9. The number of sulfonamides is 1. The van der Waals surface area contributed by atoms with Crippen LogP contribution in [0.5, 0.6) is 0 Å². The highest BCUT2D eigenvalue weighted by atomic mass is 32.2. The lowest BCUT2D eigenvalue weighted by atomic mass is 10.1. The largest absolute Gasteiger partial charge is 0.325 e. The SMILES string of the molecule is CCN(CC)C(=O)N1CCN(S(=O)(=O)c2ccc3ccccc3c2)CC1. The average molecular weight is 375 g/mol. The van der Waals surface area contributed by atoms with Crippen LogP contribution in [0.25, 0.3) is 10.8 Å². The monoisotopic (exact) mass is 375 g/mol. The van der Waals surface area contributed by atoms with Gasteiger partial charge in [0.15, 0.2) is 0 Å². The first-order valence-corrected chi connectivity index (χ1v) is 10.4. The van der Waals surface area contributed by atoms with Crippen LogP contribution < -0.4 is 0 Å². The summed E-state index contributed by atoms with van der Waals surface area (Å²) in [4.78, 5) is 16.2.